The Kier molecular flexibility index (Phi) is 8.78. The Hall–Kier alpha value is -1.60. The Bertz CT molecular complexity index is 857. The topological polar surface area (TPSA) is 0 Å². The van der Waals surface area contributed by atoms with E-state index in [4.69, 9.17) is 0 Å². The number of benzene rings is 2. The Morgan fingerprint density at radius 2 is 1.32 bits per heavy atom. The molecule has 0 spiro atoms. The highest BCUT2D eigenvalue weighted by atomic mass is 28.3. The van der Waals surface area contributed by atoms with Gasteiger partial charge < -0.3 is 0 Å². The average Bonchev–Trinajstić information content (AvgIpc) is 3.10. The smallest absolute Gasteiger partial charge is 0.0686 e. The molecular formula is C30H44Si. The second-order valence-corrected chi connectivity index (χ2v) is 14.6. The van der Waals surface area contributed by atoms with Gasteiger partial charge in [-0.2, -0.15) is 0 Å². The second kappa shape index (κ2) is 11.3. The number of hydrogen-bond acceptors (Lipinski definition) is 0. The summed E-state index contributed by atoms with van der Waals surface area (Å²) in [6.07, 6.45) is 14.4. The van der Waals surface area contributed by atoms with Crippen molar-refractivity contribution in [3.05, 3.63) is 70.3 Å². The van der Waals surface area contributed by atoms with E-state index in [1.165, 1.54) is 75.3 Å². The summed E-state index contributed by atoms with van der Waals surface area (Å²) in [6.45, 7) is 12.2. The quantitative estimate of drug-likeness (QED) is 0.233. The van der Waals surface area contributed by atoms with Crippen LogP contribution in [0, 0.1) is 0 Å². The summed E-state index contributed by atoms with van der Waals surface area (Å²) in [7, 11) is -1.75. The Morgan fingerprint density at radius 3 is 1.90 bits per heavy atom. The van der Waals surface area contributed by atoms with Crippen molar-refractivity contribution in [2.24, 2.45) is 0 Å². The summed E-state index contributed by atoms with van der Waals surface area (Å²) in [5.41, 5.74) is 7.85. The van der Waals surface area contributed by atoms with E-state index < -0.39 is 8.07 Å². The maximum atomic E-state index is 2.59. The lowest BCUT2D eigenvalue weighted by molar-refractivity contribution is 0.661. The molecule has 0 aliphatic heterocycles. The lowest BCUT2D eigenvalue weighted by Gasteiger charge is -2.28. The summed E-state index contributed by atoms with van der Waals surface area (Å²) >= 11 is 0. The molecular weight excluding hydrogens is 388 g/mol. The molecule has 0 heterocycles. The molecule has 0 saturated carbocycles. The van der Waals surface area contributed by atoms with Gasteiger partial charge in [-0.05, 0) is 66.5 Å². The van der Waals surface area contributed by atoms with Crippen molar-refractivity contribution in [3.8, 4) is 0 Å². The average molecular weight is 433 g/mol. The van der Waals surface area contributed by atoms with Crippen LogP contribution in [0.1, 0.15) is 94.4 Å². The minimum absolute atomic E-state index is 1.14. The zero-order valence-corrected chi connectivity index (χ0v) is 21.8. The van der Waals surface area contributed by atoms with E-state index in [-0.39, 0.29) is 0 Å². The van der Waals surface area contributed by atoms with E-state index in [1.807, 2.05) is 0 Å². The highest BCUT2D eigenvalue weighted by Gasteiger charge is 2.35. The molecule has 168 valence electrons. The molecule has 0 nitrogen and oxygen atoms in total. The first kappa shape index (κ1) is 24.0. The summed E-state index contributed by atoms with van der Waals surface area (Å²) in [5.74, 6) is 0. The van der Waals surface area contributed by atoms with Crippen LogP contribution in [0.3, 0.4) is 0 Å². The summed E-state index contributed by atoms with van der Waals surface area (Å²) in [6, 6.07) is 16.9. The van der Waals surface area contributed by atoms with Crippen LogP contribution in [0.15, 0.2) is 48.0 Å². The number of aryl methyl sites for hydroxylation is 2. The van der Waals surface area contributed by atoms with Crippen molar-refractivity contribution in [2.45, 2.75) is 104 Å². The number of fused-ring (bicyclic) bond motifs is 1. The third-order valence-electron chi connectivity index (χ3n) is 7.21. The van der Waals surface area contributed by atoms with Crippen LogP contribution >= 0.6 is 0 Å². The van der Waals surface area contributed by atoms with Gasteiger partial charge >= 0.3 is 0 Å². The monoisotopic (exact) mass is 432 g/mol. The number of hydrogen-bond donors (Lipinski definition) is 0. The van der Waals surface area contributed by atoms with Crippen LogP contribution in [0.4, 0.5) is 0 Å². The van der Waals surface area contributed by atoms with Gasteiger partial charge in [0.15, 0.2) is 0 Å². The first-order chi connectivity index (χ1) is 15.0. The van der Waals surface area contributed by atoms with E-state index in [1.54, 1.807) is 27.1 Å². The van der Waals surface area contributed by atoms with E-state index in [0.717, 1.165) is 6.42 Å². The minimum Gasteiger partial charge on any atom is -0.0686 e. The molecule has 1 aliphatic rings. The molecule has 1 aliphatic carbocycles. The van der Waals surface area contributed by atoms with Crippen molar-refractivity contribution in [1.82, 2.24) is 0 Å². The van der Waals surface area contributed by atoms with E-state index in [0.29, 0.717) is 0 Å². The fourth-order valence-electron chi connectivity index (χ4n) is 5.46. The van der Waals surface area contributed by atoms with Crippen molar-refractivity contribution in [3.63, 3.8) is 0 Å². The van der Waals surface area contributed by atoms with E-state index in [9.17, 15) is 0 Å². The first-order valence-electron chi connectivity index (χ1n) is 12.9. The first-order valence-corrected chi connectivity index (χ1v) is 15.9. The standard InChI is InChI=1S/C30H44Si/c1-6-8-10-12-16-25-21-26(17-13-11-9-7-2)23-28(22-25)31(4,5)30-24(3)20-27-18-14-15-19-29(27)30/h14-15,18-19,21-23H,6-13,16-17,20H2,1-5H3. The van der Waals surface area contributed by atoms with Crippen molar-refractivity contribution < 1.29 is 0 Å². The van der Waals surface area contributed by atoms with Crippen LogP contribution < -0.4 is 5.19 Å². The number of rotatable bonds is 12. The van der Waals surface area contributed by atoms with Gasteiger partial charge in [0.05, 0.1) is 0 Å². The molecule has 1 heteroatoms. The van der Waals surface area contributed by atoms with Crippen LogP contribution in [0.25, 0.3) is 5.20 Å². The maximum absolute atomic E-state index is 2.59. The van der Waals surface area contributed by atoms with Gasteiger partial charge in [-0.25, -0.2) is 0 Å². The molecule has 0 fully saturated rings. The molecule has 0 atom stereocenters. The van der Waals surface area contributed by atoms with Crippen LogP contribution in [-0.4, -0.2) is 8.07 Å². The molecule has 0 amide bonds. The molecule has 2 aromatic carbocycles. The zero-order valence-electron chi connectivity index (χ0n) is 20.8. The molecule has 2 aromatic rings. The summed E-state index contributed by atoms with van der Waals surface area (Å²) in [4.78, 5) is 0. The third-order valence-corrected chi connectivity index (χ3v) is 10.9. The van der Waals surface area contributed by atoms with E-state index in [2.05, 4.69) is 76.3 Å². The predicted molar refractivity (Wildman–Crippen MR) is 142 cm³/mol. The van der Waals surface area contributed by atoms with Gasteiger partial charge in [0.1, 0.15) is 8.07 Å². The molecule has 0 saturated heterocycles. The van der Waals surface area contributed by atoms with Crippen molar-refractivity contribution in [2.75, 3.05) is 0 Å². The highest BCUT2D eigenvalue weighted by Crippen LogP contribution is 2.38. The lowest BCUT2D eigenvalue weighted by atomic mass is 10.0. The molecule has 31 heavy (non-hydrogen) atoms. The lowest BCUT2D eigenvalue weighted by Crippen LogP contribution is -2.43. The normalized spacial score (nSPS) is 13.7. The van der Waals surface area contributed by atoms with Gasteiger partial charge in [-0.15, -0.1) is 0 Å². The molecule has 0 aromatic heterocycles. The number of allylic oxidation sites excluding steroid dienone is 1. The van der Waals surface area contributed by atoms with E-state index >= 15 is 0 Å². The van der Waals surface area contributed by atoms with Crippen LogP contribution in [0.2, 0.25) is 13.1 Å². The maximum Gasteiger partial charge on any atom is 0.112 e. The fraction of sp³-hybridized carbons (Fsp3) is 0.533. The summed E-state index contributed by atoms with van der Waals surface area (Å²) in [5, 5.41) is 3.35. The predicted octanol–water partition coefficient (Wildman–Crippen LogP) is 8.42. The Morgan fingerprint density at radius 1 is 0.742 bits per heavy atom. The summed E-state index contributed by atoms with van der Waals surface area (Å²) < 4.78 is 0. The molecule has 0 N–H and O–H groups in total. The van der Waals surface area contributed by atoms with Crippen LogP contribution in [-0.2, 0) is 19.3 Å². The van der Waals surface area contributed by atoms with Crippen molar-refractivity contribution >= 4 is 18.5 Å². The SMILES string of the molecule is CCCCCCc1cc(CCCCCC)cc([Si](C)(C)C2=C(C)Cc3ccccc32)c1. The minimum atomic E-state index is -1.75. The molecule has 0 unspecified atom stereocenters. The van der Waals surface area contributed by atoms with Gasteiger partial charge in [0, 0.05) is 0 Å². The van der Waals surface area contributed by atoms with Gasteiger partial charge in [0.2, 0.25) is 0 Å². The fourth-order valence-corrected chi connectivity index (χ4v) is 8.91. The molecule has 0 bridgehead atoms. The highest BCUT2D eigenvalue weighted by molar-refractivity contribution is 7.04. The van der Waals surface area contributed by atoms with Gasteiger partial charge in [0.25, 0.3) is 0 Å². The zero-order chi connectivity index (χ0) is 22.3. The van der Waals surface area contributed by atoms with Crippen molar-refractivity contribution in [1.29, 1.82) is 0 Å². The van der Waals surface area contributed by atoms with Gasteiger partial charge in [-0.1, -0.05) is 119 Å². The Labute approximate surface area is 193 Å². The Balaban J connectivity index is 1.91. The second-order valence-electron chi connectivity index (χ2n) is 10.3. The third kappa shape index (κ3) is 6.01. The largest absolute Gasteiger partial charge is 0.112 e. The molecule has 3 rings (SSSR count). The van der Waals surface area contributed by atoms with Gasteiger partial charge in [-0.3, -0.25) is 0 Å². The van der Waals surface area contributed by atoms with Crippen LogP contribution in [0.5, 0.6) is 0 Å². The number of unbranched alkanes of at least 4 members (excludes halogenated alkanes) is 6. The molecule has 0 radical (unpaired) electrons.